The van der Waals surface area contributed by atoms with E-state index in [4.69, 9.17) is 9.94 Å². The van der Waals surface area contributed by atoms with Crippen LogP contribution in [0.15, 0.2) is 60.7 Å². The average Bonchev–Trinajstić information content (AvgIpc) is 2.87. The Morgan fingerprint density at radius 3 is 2.44 bits per heavy atom. The van der Waals surface area contributed by atoms with Gasteiger partial charge in [0, 0.05) is 24.2 Å². The molecule has 0 radical (unpaired) electrons. The first kappa shape index (κ1) is 23.1. The number of carbonyl (C=O) groups is 2. The highest BCUT2D eigenvalue weighted by atomic mass is 19.1. The summed E-state index contributed by atoms with van der Waals surface area (Å²) in [5, 5.41) is 8.91. The van der Waals surface area contributed by atoms with E-state index in [0.717, 1.165) is 11.1 Å². The van der Waals surface area contributed by atoms with Gasteiger partial charge in [-0.05, 0) is 71.1 Å². The molecule has 8 heteroatoms. The van der Waals surface area contributed by atoms with E-state index < -0.39 is 17.5 Å². The molecule has 0 bridgehead atoms. The van der Waals surface area contributed by atoms with Gasteiger partial charge in [0.2, 0.25) is 0 Å². The van der Waals surface area contributed by atoms with Crippen molar-refractivity contribution in [2.45, 2.75) is 13.0 Å². The minimum atomic E-state index is -0.636. The number of nitrogens with one attached hydrogen (secondary N) is 1. The van der Waals surface area contributed by atoms with Gasteiger partial charge in [-0.3, -0.25) is 14.8 Å². The monoisotopic (exact) mass is 464 g/mol. The van der Waals surface area contributed by atoms with Crippen LogP contribution in [-0.4, -0.2) is 35.6 Å². The third-order valence-corrected chi connectivity index (χ3v) is 5.74. The second-order valence-corrected chi connectivity index (χ2v) is 7.86. The van der Waals surface area contributed by atoms with E-state index in [0.29, 0.717) is 29.7 Å². The van der Waals surface area contributed by atoms with Crippen LogP contribution in [0, 0.1) is 11.6 Å². The van der Waals surface area contributed by atoms with Crippen molar-refractivity contribution in [2.75, 3.05) is 13.7 Å². The fraction of sp³-hybridized carbons (Fsp3) is 0.154. The normalized spacial score (nSPS) is 13.3. The third-order valence-electron chi connectivity index (χ3n) is 5.74. The van der Waals surface area contributed by atoms with Crippen molar-refractivity contribution in [1.29, 1.82) is 0 Å². The molecule has 174 valence electrons. The van der Waals surface area contributed by atoms with Crippen LogP contribution >= 0.6 is 0 Å². The highest BCUT2D eigenvalue weighted by molar-refractivity contribution is 6.24. The molecule has 34 heavy (non-hydrogen) atoms. The Hall–Kier alpha value is -4.04. The third kappa shape index (κ3) is 4.82. The zero-order valence-electron chi connectivity index (χ0n) is 18.3. The molecule has 2 amide bonds. The standard InChI is InChI=1S/C26H22F2N2O4/c1-34-24-13-16(2-9-23(24)28)12-22(18-5-7-21(27)8-6-18)26(32)30-11-10-17-3-4-19(25(31)29-33)14-20(17)15-30/h2-9,12-14,33H,10-11,15H2,1H3,(H,29,31)/b22-12+. The van der Waals surface area contributed by atoms with Gasteiger partial charge in [0.1, 0.15) is 5.82 Å². The molecular weight excluding hydrogens is 442 g/mol. The molecule has 0 aromatic heterocycles. The van der Waals surface area contributed by atoms with Gasteiger partial charge in [-0.2, -0.15) is 0 Å². The number of halogens is 2. The Morgan fingerprint density at radius 1 is 1.00 bits per heavy atom. The smallest absolute Gasteiger partial charge is 0.274 e. The average molecular weight is 464 g/mol. The van der Waals surface area contributed by atoms with Gasteiger partial charge in [-0.1, -0.05) is 24.3 Å². The van der Waals surface area contributed by atoms with Gasteiger partial charge in [0.05, 0.1) is 7.11 Å². The molecule has 0 fully saturated rings. The number of benzene rings is 3. The van der Waals surface area contributed by atoms with Crippen LogP contribution in [0.5, 0.6) is 5.75 Å². The Balaban J connectivity index is 1.70. The van der Waals surface area contributed by atoms with Gasteiger partial charge in [-0.15, -0.1) is 0 Å². The second-order valence-electron chi connectivity index (χ2n) is 7.86. The SMILES string of the molecule is COc1cc(/C=C(/C(=O)N2CCc3ccc(C(=O)NO)cc3C2)c2ccc(F)cc2)ccc1F. The number of ether oxygens (including phenoxy) is 1. The number of nitrogens with zero attached hydrogens (tertiary/aromatic N) is 1. The zero-order chi connectivity index (χ0) is 24.2. The second kappa shape index (κ2) is 9.84. The minimum absolute atomic E-state index is 0.0428. The number of methoxy groups -OCH3 is 1. The van der Waals surface area contributed by atoms with Crippen LogP contribution < -0.4 is 10.2 Å². The molecule has 0 spiro atoms. The predicted octanol–water partition coefficient (Wildman–Crippen LogP) is 4.22. The van der Waals surface area contributed by atoms with Gasteiger partial charge >= 0.3 is 0 Å². The van der Waals surface area contributed by atoms with Crippen molar-refractivity contribution in [3.63, 3.8) is 0 Å². The van der Waals surface area contributed by atoms with E-state index >= 15 is 0 Å². The summed E-state index contributed by atoms with van der Waals surface area (Å²) in [5.41, 5.74) is 5.06. The largest absolute Gasteiger partial charge is 0.494 e. The zero-order valence-corrected chi connectivity index (χ0v) is 18.3. The molecule has 0 saturated heterocycles. The highest BCUT2D eigenvalue weighted by Gasteiger charge is 2.25. The van der Waals surface area contributed by atoms with Crippen molar-refractivity contribution in [3.8, 4) is 5.75 Å². The van der Waals surface area contributed by atoms with Crippen molar-refractivity contribution < 1.29 is 28.3 Å². The van der Waals surface area contributed by atoms with Crippen molar-refractivity contribution in [1.82, 2.24) is 10.4 Å². The maximum Gasteiger partial charge on any atom is 0.274 e. The van der Waals surface area contributed by atoms with E-state index in [1.807, 2.05) is 6.07 Å². The van der Waals surface area contributed by atoms with E-state index in [9.17, 15) is 18.4 Å². The van der Waals surface area contributed by atoms with Crippen LogP contribution in [0.25, 0.3) is 11.6 Å². The van der Waals surface area contributed by atoms with Gasteiger partial charge in [0.15, 0.2) is 11.6 Å². The van der Waals surface area contributed by atoms with Crippen LogP contribution in [-0.2, 0) is 17.8 Å². The highest BCUT2D eigenvalue weighted by Crippen LogP contribution is 2.28. The summed E-state index contributed by atoms with van der Waals surface area (Å²) >= 11 is 0. The molecule has 2 N–H and O–H groups in total. The molecule has 0 aliphatic carbocycles. The number of hydroxylamine groups is 1. The molecule has 0 saturated carbocycles. The number of amides is 2. The van der Waals surface area contributed by atoms with E-state index in [2.05, 4.69) is 0 Å². The molecule has 0 unspecified atom stereocenters. The molecular formula is C26H22F2N2O4. The summed E-state index contributed by atoms with van der Waals surface area (Å²) in [7, 11) is 1.36. The molecule has 4 rings (SSSR count). The summed E-state index contributed by atoms with van der Waals surface area (Å²) in [6.45, 7) is 0.703. The van der Waals surface area contributed by atoms with Gasteiger partial charge in [0.25, 0.3) is 11.8 Å². The molecule has 3 aromatic rings. The number of rotatable bonds is 5. The number of fused-ring (bicyclic) bond motifs is 1. The first-order valence-electron chi connectivity index (χ1n) is 10.6. The molecule has 1 heterocycles. The Morgan fingerprint density at radius 2 is 1.74 bits per heavy atom. The number of hydrogen-bond donors (Lipinski definition) is 2. The summed E-state index contributed by atoms with van der Waals surface area (Å²) in [6, 6.07) is 14.9. The molecule has 0 atom stereocenters. The quantitative estimate of drug-likeness (QED) is 0.257. The summed E-state index contributed by atoms with van der Waals surface area (Å²) < 4.78 is 32.5. The fourth-order valence-electron chi connectivity index (χ4n) is 3.94. The maximum absolute atomic E-state index is 13.9. The lowest BCUT2D eigenvalue weighted by molar-refractivity contribution is -0.125. The van der Waals surface area contributed by atoms with Crippen LogP contribution in [0.3, 0.4) is 0 Å². The fourth-order valence-corrected chi connectivity index (χ4v) is 3.94. The first-order chi connectivity index (χ1) is 16.4. The van der Waals surface area contributed by atoms with Crippen LogP contribution in [0.1, 0.15) is 32.6 Å². The summed E-state index contributed by atoms with van der Waals surface area (Å²) in [6.07, 6.45) is 2.20. The van der Waals surface area contributed by atoms with Crippen LogP contribution in [0.2, 0.25) is 0 Å². The molecule has 6 nitrogen and oxygen atoms in total. The maximum atomic E-state index is 13.9. The lowest BCUT2D eigenvalue weighted by Gasteiger charge is -2.30. The van der Waals surface area contributed by atoms with E-state index in [-0.39, 0.29) is 23.8 Å². The Bertz CT molecular complexity index is 1270. The van der Waals surface area contributed by atoms with Crippen molar-refractivity contribution in [3.05, 3.63) is 100 Å². The summed E-state index contributed by atoms with van der Waals surface area (Å²) in [5.74, 6) is -1.84. The number of carbonyl (C=O) groups excluding carboxylic acids is 2. The van der Waals surface area contributed by atoms with Gasteiger partial charge < -0.3 is 9.64 Å². The lowest BCUT2D eigenvalue weighted by atomic mass is 9.95. The van der Waals surface area contributed by atoms with E-state index in [1.165, 1.54) is 49.6 Å². The molecule has 3 aromatic carbocycles. The van der Waals surface area contributed by atoms with Crippen molar-refractivity contribution in [2.24, 2.45) is 0 Å². The molecule has 1 aliphatic rings. The van der Waals surface area contributed by atoms with Gasteiger partial charge in [-0.25, -0.2) is 14.3 Å². The first-order valence-corrected chi connectivity index (χ1v) is 10.6. The lowest BCUT2D eigenvalue weighted by Crippen LogP contribution is -2.36. The topological polar surface area (TPSA) is 78.9 Å². The molecule has 1 aliphatic heterocycles. The summed E-state index contributed by atoms with van der Waals surface area (Å²) in [4.78, 5) is 27.1. The van der Waals surface area contributed by atoms with E-state index in [1.54, 1.807) is 28.6 Å². The van der Waals surface area contributed by atoms with Crippen LogP contribution in [0.4, 0.5) is 8.78 Å². The van der Waals surface area contributed by atoms with Crippen molar-refractivity contribution >= 4 is 23.5 Å². The minimum Gasteiger partial charge on any atom is -0.494 e. The number of hydrogen-bond acceptors (Lipinski definition) is 4. The Labute approximate surface area is 195 Å². The predicted molar refractivity (Wildman–Crippen MR) is 122 cm³/mol. The Kier molecular flexibility index (Phi) is 6.70.